The molecule has 7 nitrogen and oxygen atoms in total. The number of aromatic nitrogens is 5. The Hall–Kier alpha value is -3.04. The number of nitrogens with zero attached hydrogens (tertiary/aromatic N) is 5. The number of nitrogens with one attached hydrogen (secondary N) is 1. The Balaban J connectivity index is 1.68. The molecule has 0 aliphatic heterocycles. The van der Waals surface area contributed by atoms with E-state index in [1.54, 1.807) is 18.6 Å². The fourth-order valence-corrected chi connectivity index (χ4v) is 4.08. The third kappa shape index (κ3) is 4.36. The Bertz CT molecular complexity index is 1130. The minimum atomic E-state index is -0.136. The van der Waals surface area contributed by atoms with Crippen molar-refractivity contribution in [2.24, 2.45) is 0 Å². The number of amides is 1. The molecule has 0 aliphatic carbocycles. The van der Waals surface area contributed by atoms with E-state index in [0.717, 1.165) is 22.4 Å². The minimum Gasteiger partial charge on any atom is -0.301 e. The number of pyridine rings is 1. The SMILES string of the molecule is Cc1ccc(C)c(-n2c(SCC(=O)Nc3nccs3)nnc2-c2cccnc2)c1. The molecule has 9 heteroatoms. The van der Waals surface area contributed by atoms with Gasteiger partial charge in [0, 0.05) is 29.5 Å². The first kappa shape index (κ1) is 19.3. The number of aryl methyl sites for hydroxylation is 2. The molecule has 0 saturated carbocycles. The van der Waals surface area contributed by atoms with Crippen LogP contribution >= 0.6 is 23.1 Å². The molecular weight excluding hydrogens is 404 g/mol. The second kappa shape index (κ2) is 8.54. The molecule has 146 valence electrons. The molecule has 0 bridgehead atoms. The molecule has 1 N–H and O–H groups in total. The largest absolute Gasteiger partial charge is 0.301 e. The van der Waals surface area contributed by atoms with Gasteiger partial charge in [-0.1, -0.05) is 23.9 Å². The molecule has 0 unspecified atom stereocenters. The molecule has 1 amide bonds. The molecular formula is C20H18N6OS2. The van der Waals surface area contributed by atoms with Crippen molar-refractivity contribution in [1.82, 2.24) is 24.7 Å². The van der Waals surface area contributed by atoms with Crippen LogP contribution in [0.5, 0.6) is 0 Å². The van der Waals surface area contributed by atoms with Crippen LogP contribution in [0.2, 0.25) is 0 Å². The molecule has 3 aromatic heterocycles. The fraction of sp³-hybridized carbons (Fsp3) is 0.150. The summed E-state index contributed by atoms with van der Waals surface area (Å²) < 4.78 is 1.99. The van der Waals surface area contributed by atoms with Gasteiger partial charge < -0.3 is 5.32 Å². The summed E-state index contributed by atoms with van der Waals surface area (Å²) in [4.78, 5) is 20.6. The summed E-state index contributed by atoms with van der Waals surface area (Å²) in [6, 6.07) is 10.1. The summed E-state index contributed by atoms with van der Waals surface area (Å²) in [7, 11) is 0. The Labute approximate surface area is 176 Å². The van der Waals surface area contributed by atoms with Crippen molar-refractivity contribution in [3.63, 3.8) is 0 Å². The van der Waals surface area contributed by atoms with Crippen LogP contribution in [0.4, 0.5) is 5.13 Å². The number of hydrogen-bond donors (Lipinski definition) is 1. The van der Waals surface area contributed by atoms with Gasteiger partial charge in [-0.3, -0.25) is 14.3 Å². The van der Waals surface area contributed by atoms with Crippen LogP contribution < -0.4 is 5.32 Å². The second-order valence-electron chi connectivity index (χ2n) is 6.35. The standard InChI is InChI=1S/C20H18N6OS2/c1-13-5-6-14(2)16(10-13)26-18(15-4-3-7-21-11-15)24-25-20(26)29-12-17(27)23-19-22-8-9-28-19/h3-11H,12H2,1-2H3,(H,22,23,27). The predicted molar refractivity (Wildman–Crippen MR) is 116 cm³/mol. The minimum absolute atomic E-state index is 0.136. The highest BCUT2D eigenvalue weighted by atomic mass is 32.2. The lowest BCUT2D eigenvalue weighted by atomic mass is 10.1. The van der Waals surface area contributed by atoms with Crippen molar-refractivity contribution in [1.29, 1.82) is 0 Å². The zero-order valence-electron chi connectivity index (χ0n) is 15.9. The van der Waals surface area contributed by atoms with Gasteiger partial charge in [0.05, 0.1) is 11.4 Å². The highest BCUT2D eigenvalue weighted by molar-refractivity contribution is 7.99. The predicted octanol–water partition coefficient (Wildman–Crippen LogP) is 4.13. The molecule has 4 aromatic rings. The van der Waals surface area contributed by atoms with Gasteiger partial charge in [0.25, 0.3) is 0 Å². The zero-order valence-corrected chi connectivity index (χ0v) is 17.5. The highest BCUT2D eigenvalue weighted by Gasteiger charge is 2.19. The van der Waals surface area contributed by atoms with Crippen molar-refractivity contribution in [3.05, 3.63) is 65.4 Å². The van der Waals surface area contributed by atoms with Crippen molar-refractivity contribution < 1.29 is 4.79 Å². The van der Waals surface area contributed by atoms with Crippen LogP contribution in [-0.4, -0.2) is 36.4 Å². The van der Waals surface area contributed by atoms with E-state index < -0.39 is 0 Å². The van der Waals surface area contributed by atoms with Gasteiger partial charge in [0.1, 0.15) is 0 Å². The number of anilines is 1. The van der Waals surface area contributed by atoms with Crippen molar-refractivity contribution in [3.8, 4) is 17.1 Å². The molecule has 3 heterocycles. The van der Waals surface area contributed by atoms with Crippen LogP contribution in [0, 0.1) is 13.8 Å². The molecule has 4 rings (SSSR count). The summed E-state index contributed by atoms with van der Waals surface area (Å²) >= 11 is 2.72. The average Bonchev–Trinajstić information content (AvgIpc) is 3.38. The van der Waals surface area contributed by atoms with E-state index in [2.05, 4.69) is 43.7 Å². The Morgan fingerprint density at radius 3 is 2.86 bits per heavy atom. The van der Waals surface area contributed by atoms with E-state index in [9.17, 15) is 4.79 Å². The monoisotopic (exact) mass is 422 g/mol. The van der Waals surface area contributed by atoms with Gasteiger partial charge in [-0.05, 0) is 43.2 Å². The maximum Gasteiger partial charge on any atom is 0.236 e. The third-order valence-corrected chi connectivity index (χ3v) is 5.79. The number of rotatable bonds is 6. The molecule has 0 atom stereocenters. The van der Waals surface area contributed by atoms with Gasteiger partial charge >= 0.3 is 0 Å². The lowest BCUT2D eigenvalue weighted by molar-refractivity contribution is -0.113. The third-order valence-electron chi connectivity index (χ3n) is 4.17. The van der Waals surface area contributed by atoms with Gasteiger partial charge in [0.2, 0.25) is 5.91 Å². The van der Waals surface area contributed by atoms with E-state index in [4.69, 9.17) is 0 Å². The number of hydrogen-bond acceptors (Lipinski definition) is 7. The summed E-state index contributed by atoms with van der Waals surface area (Å²) in [5.74, 6) is 0.758. The molecule has 0 aliphatic rings. The summed E-state index contributed by atoms with van der Waals surface area (Å²) in [6.07, 6.45) is 5.14. The van der Waals surface area contributed by atoms with E-state index >= 15 is 0 Å². The van der Waals surface area contributed by atoms with Crippen molar-refractivity contribution in [2.45, 2.75) is 19.0 Å². The molecule has 29 heavy (non-hydrogen) atoms. The maximum atomic E-state index is 12.3. The van der Waals surface area contributed by atoms with Crippen LogP contribution in [0.15, 0.2) is 59.5 Å². The number of benzene rings is 1. The quantitative estimate of drug-likeness (QED) is 0.470. The van der Waals surface area contributed by atoms with Crippen LogP contribution in [0.3, 0.4) is 0 Å². The van der Waals surface area contributed by atoms with Gasteiger partial charge in [-0.15, -0.1) is 21.5 Å². The van der Waals surface area contributed by atoms with Gasteiger partial charge in [-0.25, -0.2) is 4.98 Å². The van der Waals surface area contributed by atoms with Crippen molar-refractivity contribution in [2.75, 3.05) is 11.1 Å². The molecule has 0 saturated heterocycles. The smallest absolute Gasteiger partial charge is 0.236 e. The van der Waals surface area contributed by atoms with Crippen molar-refractivity contribution >= 4 is 34.1 Å². The lowest BCUT2D eigenvalue weighted by Crippen LogP contribution is -2.14. The number of carbonyl (C=O) groups excluding carboxylic acids is 1. The number of thiazole rings is 1. The van der Waals surface area contributed by atoms with E-state index in [-0.39, 0.29) is 11.7 Å². The van der Waals surface area contributed by atoms with Gasteiger partial charge in [0.15, 0.2) is 16.1 Å². The summed E-state index contributed by atoms with van der Waals surface area (Å²) in [5, 5.41) is 14.6. The van der Waals surface area contributed by atoms with Crippen LogP contribution in [0.1, 0.15) is 11.1 Å². The summed E-state index contributed by atoms with van der Waals surface area (Å²) in [6.45, 7) is 4.09. The Morgan fingerprint density at radius 1 is 1.21 bits per heavy atom. The highest BCUT2D eigenvalue weighted by Crippen LogP contribution is 2.29. The second-order valence-corrected chi connectivity index (χ2v) is 8.18. The number of thioether (sulfide) groups is 1. The van der Waals surface area contributed by atoms with E-state index in [0.29, 0.717) is 16.1 Å². The topological polar surface area (TPSA) is 85.6 Å². The average molecular weight is 423 g/mol. The molecule has 0 spiro atoms. The summed E-state index contributed by atoms with van der Waals surface area (Å²) in [5.41, 5.74) is 4.07. The zero-order chi connectivity index (χ0) is 20.2. The van der Waals surface area contributed by atoms with Crippen LogP contribution in [0.25, 0.3) is 17.1 Å². The molecule has 1 aromatic carbocycles. The Morgan fingerprint density at radius 2 is 2.10 bits per heavy atom. The van der Waals surface area contributed by atoms with E-state index in [1.807, 2.05) is 35.9 Å². The lowest BCUT2D eigenvalue weighted by Gasteiger charge is -2.13. The van der Waals surface area contributed by atoms with E-state index in [1.165, 1.54) is 23.1 Å². The van der Waals surface area contributed by atoms with Crippen LogP contribution in [-0.2, 0) is 4.79 Å². The normalized spacial score (nSPS) is 10.8. The molecule has 0 fully saturated rings. The fourth-order valence-electron chi connectivity index (χ4n) is 2.79. The maximum absolute atomic E-state index is 12.3. The first-order valence-electron chi connectivity index (χ1n) is 8.87. The van der Waals surface area contributed by atoms with Gasteiger partial charge in [-0.2, -0.15) is 0 Å². The first-order chi connectivity index (χ1) is 14.1. The first-order valence-corrected chi connectivity index (χ1v) is 10.7. The Kier molecular flexibility index (Phi) is 5.68. The molecule has 0 radical (unpaired) electrons. The number of carbonyl (C=O) groups is 1.